The molecule has 1 saturated carbocycles. The molecule has 4 atom stereocenters. The van der Waals surface area contributed by atoms with Crippen molar-refractivity contribution in [3.8, 4) is 12.1 Å². The molecule has 1 aliphatic rings. The Morgan fingerprint density at radius 2 is 1.20 bits per heavy atom. The summed E-state index contributed by atoms with van der Waals surface area (Å²) in [7, 11) is 1.87. The van der Waals surface area contributed by atoms with E-state index in [9.17, 15) is 25.2 Å². The average Bonchev–Trinajstić information content (AvgIpc) is 3.85. The monoisotopic (exact) mass is 1340 g/mol. The zero-order valence-electron chi connectivity index (χ0n) is 43.7. The van der Waals surface area contributed by atoms with Gasteiger partial charge >= 0.3 is 0 Å². The van der Waals surface area contributed by atoms with Gasteiger partial charge in [0.05, 0.1) is 43.6 Å². The van der Waals surface area contributed by atoms with Crippen LogP contribution in [0.1, 0.15) is 80.7 Å². The minimum atomic E-state index is -0.663. The molecule has 76 heavy (non-hydrogen) atoms. The van der Waals surface area contributed by atoms with Crippen LogP contribution in [0.25, 0.3) is 10.9 Å². The molecule has 394 valence electrons. The Morgan fingerprint density at radius 1 is 0.724 bits per heavy atom. The molecule has 11 nitrogen and oxygen atoms in total. The summed E-state index contributed by atoms with van der Waals surface area (Å²) in [5, 5.41) is 44.1. The number of amides is 2. The van der Waals surface area contributed by atoms with E-state index < -0.39 is 12.1 Å². The number of carbonyl (C=O) groups is 2. The Balaban J connectivity index is 0.000000264. The summed E-state index contributed by atoms with van der Waals surface area (Å²) in [6, 6.07) is 55.4. The van der Waals surface area contributed by atoms with Crippen molar-refractivity contribution in [1.82, 2.24) is 15.2 Å². The van der Waals surface area contributed by atoms with Crippen molar-refractivity contribution < 1.29 is 24.9 Å². The predicted octanol–water partition coefficient (Wildman–Crippen LogP) is 12.8. The number of nitriles is 2. The molecule has 5 N–H and O–H groups in total. The molecule has 1 heterocycles. The van der Waals surface area contributed by atoms with Crippen LogP contribution in [0.3, 0.4) is 0 Å². The summed E-state index contributed by atoms with van der Waals surface area (Å²) in [5.41, 5.74) is 10.1. The van der Waals surface area contributed by atoms with Gasteiger partial charge in [0.15, 0.2) is 0 Å². The highest BCUT2D eigenvalue weighted by atomic mass is 127. The Kier molecular flexibility index (Phi) is 28.8. The van der Waals surface area contributed by atoms with Crippen LogP contribution in [0, 0.1) is 28.6 Å². The number of aryl methyl sites for hydroxylation is 1. The number of alkyl halides is 1. The molecule has 18 heteroatoms. The van der Waals surface area contributed by atoms with E-state index in [-0.39, 0.29) is 37.0 Å². The number of nitrogens with one attached hydrogen (secondary N) is 2. The number of halogens is 3. The first-order valence-corrected chi connectivity index (χ1v) is 34.0. The fourth-order valence-corrected chi connectivity index (χ4v) is 8.47. The lowest BCUT2D eigenvalue weighted by Gasteiger charge is -2.32. The highest BCUT2D eigenvalue weighted by Crippen LogP contribution is 2.27. The van der Waals surface area contributed by atoms with Crippen LogP contribution in [-0.4, -0.2) is 58.4 Å². The van der Waals surface area contributed by atoms with Gasteiger partial charge in [-0.3, -0.25) is 14.6 Å². The summed E-state index contributed by atoms with van der Waals surface area (Å²) >= 11 is 18.4. The zero-order chi connectivity index (χ0) is 56.5. The second-order valence-electron chi connectivity index (χ2n) is 17.2. The van der Waals surface area contributed by atoms with Gasteiger partial charge in [0.25, 0.3) is 5.91 Å². The SMILES string of the molecule is Cn1c(C(=O)N[C@H]2CCCC[C@H]2C(=O)NC(C#N)Cc2ccc(CO)cc2)cc2ccccc21.S=PI.S=PI.[3H]OCc1ccc(CC(C#N)N=C(c2ccccc2)c2ccccc2)cc1.[3H]OCc1ccc(CCl)cc1. The zero-order valence-corrected chi connectivity index (χ0v) is 50.2. The number of benzene rings is 6. The van der Waals surface area contributed by atoms with Crippen molar-refractivity contribution in [3.05, 3.63) is 214 Å². The van der Waals surface area contributed by atoms with Crippen molar-refractivity contribution >= 4 is 118 Å². The number of hydrogen-bond donors (Lipinski definition) is 5. The van der Waals surface area contributed by atoms with Crippen LogP contribution in [0.5, 0.6) is 0 Å². The van der Waals surface area contributed by atoms with E-state index in [1.807, 2.05) is 175 Å². The van der Waals surface area contributed by atoms with Crippen LogP contribution in [0.15, 0.2) is 169 Å². The van der Waals surface area contributed by atoms with Gasteiger partial charge in [-0.15, -0.1) is 11.6 Å². The van der Waals surface area contributed by atoms with Gasteiger partial charge in [-0.25, -0.2) is 0 Å². The summed E-state index contributed by atoms with van der Waals surface area (Å²) in [6.45, 7) is 0.557. The Bertz CT molecular complexity index is 3000. The van der Waals surface area contributed by atoms with Crippen LogP contribution in [0.4, 0.5) is 0 Å². The van der Waals surface area contributed by atoms with E-state index in [1.165, 1.54) is 0 Å². The minimum Gasteiger partial charge on any atom is -0.392 e. The van der Waals surface area contributed by atoms with Gasteiger partial charge in [0.1, 0.15) is 17.8 Å². The van der Waals surface area contributed by atoms with Crippen molar-refractivity contribution in [2.75, 3.05) is 0 Å². The fraction of sp³-hybridized carbons (Fsp3) is 0.259. The highest BCUT2D eigenvalue weighted by molar-refractivity contribution is 14.2. The molecule has 8 rings (SSSR count). The Hall–Kier alpha value is -4.88. The van der Waals surface area contributed by atoms with Crippen molar-refractivity contribution in [3.63, 3.8) is 0 Å². The number of nitrogens with zero attached hydrogens (tertiary/aromatic N) is 4. The molecule has 2 amide bonds. The molecule has 0 radical (unpaired) electrons. The quantitative estimate of drug-likeness (QED) is 0.0256. The van der Waals surface area contributed by atoms with Gasteiger partial charge < -0.3 is 30.5 Å². The number of aliphatic hydroxyl groups excluding tert-OH is 3. The molecule has 1 aliphatic carbocycles. The van der Waals surface area contributed by atoms with Crippen molar-refractivity contribution in [1.29, 1.82) is 13.4 Å². The molecule has 0 bridgehead atoms. The third kappa shape index (κ3) is 21.2. The number of carbonyl (C=O) groups excluding carboxylic acids is 2. The van der Waals surface area contributed by atoms with E-state index in [1.54, 1.807) is 0 Å². The number of aromatic nitrogens is 1. The van der Waals surface area contributed by atoms with E-state index >= 15 is 0 Å². The Morgan fingerprint density at radius 3 is 1.68 bits per heavy atom. The first-order chi connectivity index (χ1) is 38.0. The standard InChI is InChI=1S/C27H30N4O3.C23H20N2O.C8H9ClO.2IPS/c1-31-24-9-5-2-6-20(24)15-25(31)27(34)30-23-8-4-3-7-22(23)26(33)29-21(16-28)14-18-10-12-19(17-32)13-11-18;24-16-22(15-18-11-13-19(17-26)14-12-18)25-23(20-7-3-1-4-8-20)21-9-5-2-6-10-21;9-5-7-1-3-8(6-10)4-2-7;2*1-2-3/h2,5-6,9-13,15,21-23,32H,3-4,7-8,14,17H2,1H3,(H,29,33)(H,30,34);1-14,22,26H,15,17H2;1-4,10H,5-6H2;;/t21?,22-,23+;;;;/m1..../s1/i;26T;10T;;. The second-order valence-corrected chi connectivity index (χ2v) is 25.7. The number of fused-ring (bicyclic) bond motifs is 1. The average molecular weight is 1340 g/mol. The largest absolute Gasteiger partial charge is 0.392 e. The smallest absolute Gasteiger partial charge is 0.268 e. The van der Waals surface area contributed by atoms with E-state index in [2.05, 4.69) is 101 Å². The third-order valence-corrected chi connectivity index (χ3v) is 12.5. The van der Waals surface area contributed by atoms with E-state index in [4.69, 9.17) is 19.5 Å². The van der Waals surface area contributed by atoms with Crippen molar-refractivity contribution in [2.24, 2.45) is 18.0 Å². The van der Waals surface area contributed by atoms with Crippen LogP contribution in [-0.2, 0) is 74.0 Å². The van der Waals surface area contributed by atoms with Gasteiger partial charge in [0, 0.05) is 63.8 Å². The predicted molar refractivity (Wildman–Crippen MR) is 332 cm³/mol. The lowest BCUT2D eigenvalue weighted by Crippen LogP contribution is -2.50. The summed E-state index contributed by atoms with van der Waals surface area (Å²) in [4.78, 5) is 33.0. The number of hydrogen-bond acceptors (Lipinski definition) is 10. The Labute approximate surface area is 493 Å². The lowest BCUT2D eigenvalue weighted by atomic mass is 9.83. The summed E-state index contributed by atoms with van der Waals surface area (Å²) in [5.74, 6) is -0.230. The molecule has 0 spiro atoms. The molecular weight excluding hydrogens is 1280 g/mol. The highest BCUT2D eigenvalue weighted by Gasteiger charge is 2.34. The van der Waals surface area contributed by atoms with Crippen molar-refractivity contribution in [2.45, 2.75) is 82.4 Å². The fourth-order valence-electron chi connectivity index (χ4n) is 8.29. The maximum atomic E-state index is 13.1. The molecular formula is C58H59ClI2N6O5P2S2. The number of aliphatic hydroxyl groups is 3. The first kappa shape index (κ1) is 60.4. The minimum absolute atomic E-state index is 0.0355. The first-order valence-electron chi connectivity index (χ1n) is 24.9. The number of para-hydroxylation sites is 1. The third-order valence-electron chi connectivity index (χ3n) is 12.2. The summed E-state index contributed by atoms with van der Waals surface area (Å²) in [6.07, 6.45) is 4.18. The molecule has 0 saturated heterocycles. The van der Waals surface area contributed by atoms with Gasteiger partial charge in [0.2, 0.25) is 8.77 Å². The maximum absolute atomic E-state index is 13.1. The van der Waals surface area contributed by atoms with Crippen LogP contribution >= 0.6 is 65.7 Å². The normalized spacial score (nSPS) is 14.5. The van der Waals surface area contributed by atoms with Crippen LogP contribution in [0.2, 0.25) is 0 Å². The van der Waals surface area contributed by atoms with E-state index in [0.29, 0.717) is 37.4 Å². The maximum Gasteiger partial charge on any atom is 0.268 e. The molecule has 1 fully saturated rings. The van der Waals surface area contributed by atoms with E-state index in [0.717, 1.165) is 90.4 Å². The van der Waals surface area contributed by atoms with Gasteiger partial charge in [-0.2, -0.15) is 10.5 Å². The molecule has 1 aromatic heterocycles. The van der Waals surface area contributed by atoms with Gasteiger partial charge in [-0.1, -0.05) is 165 Å². The number of aliphatic imine (C=N–C) groups is 1. The molecule has 7 aromatic rings. The van der Waals surface area contributed by atoms with Gasteiger partial charge in [-0.05, 0) is 126 Å². The second kappa shape index (κ2) is 36.3. The lowest BCUT2D eigenvalue weighted by molar-refractivity contribution is -0.127. The number of rotatable bonds is 17. The topological polar surface area (TPSA) is 184 Å². The summed E-state index contributed by atoms with van der Waals surface area (Å²) < 4.78 is 15.2. The molecule has 2 unspecified atom stereocenters. The van der Waals surface area contributed by atoms with Crippen LogP contribution < -0.4 is 10.6 Å². The molecule has 0 aliphatic heterocycles. The molecule has 6 aromatic carbocycles.